The first-order chi connectivity index (χ1) is 11.6. The third-order valence-corrected chi connectivity index (χ3v) is 6.33. The average Bonchev–Trinajstić information content (AvgIpc) is 2.94. The first-order valence-corrected chi connectivity index (χ1v) is 9.06. The van der Waals surface area contributed by atoms with Gasteiger partial charge < -0.3 is 15.0 Å². The van der Waals surface area contributed by atoms with Gasteiger partial charge in [0.2, 0.25) is 5.91 Å². The van der Waals surface area contributed by atoms with Crippen molar-refractivity contribution >= 4 is 16.9 Å². The number of rotatable bonds is 3. The lowest BCUT2D eigenvalue weighted by Gasteiger charge is -2.59. The van der Waals surface area contributed by atoms with Gasteiger partial charge in [0.25, 0.3) is 0 Å². The summed E-state index contributed by atoms with van der Waals surface area (Å²) in [4.78, 5) is 22.5. The van der Waals surface area contributed by atoms with Crippen LogP contribution in [0, 0.1) is 5.92 Å². The average molecular weight is 325 g/mol. The van der Waals surface area contributed by atoms with Crippen LogP contribution in [0.3, 0.4) is 0 Å². The maximum atomic E-state index is 12.9. The Morgan fingerprint density at radius 3 is 2.88 bits per heavy atom. The number of amides is 1. The Hall–Kier alpha value is -1.88. The zero-order chi connectivity index (χ0) is 16.3. The van der Waals surface area contributed by atoms with Crippen molar-refractivity contribution in [2.75, 3.05) is 0 Å². The van der Waals surface area contributed by atoms with Gasteiger partial charge in [-0.2, -0.15) is 0 Å². The minimum Gasteiger partial charge on any atom is -0.390 e. The summed E-state index contributed by atoms with van der Waals surface area (Å²) in [5, 5.41) is 11.8. The Bertz CT molecular complexity index is 783. The molecule has 2 saturated heterocycles. The SMILES string of the molecule is O=C(CCc1c[nH]c2ncccc12)N1C2CC3CC1CC(O)(C3)C2. The maximum Gasteiger partial charge on any atom is 0.223 e. The molecular weight excluding hydrogens is 302 g/mol. The van der Waals surface area contributed by atoms with Gasteiger partial charge in [0.1, 0.15) is 5.65 Å². The van der Waals surface area contributed by atoms with Gasteiger partial charge in [-0.15, -0.1) is 0 Å². The Balaban J connectivity index is 1.31. The molecule has 0 aromatic carbocycles. The number of pyridine rings is 1. The molecule has 2 unspecified atom stereocenters. The predicted octanol–water partition coefficient (Wildman–Crippen LogP) is 2.40. The van der Waals surface area contributed by atoms with Gasteiger partial charge in [-0.1, -0.05) is 0 Å². The summed E-state index contributed by atoms with van der Waals surface area (Å²) in [5.74, 6) is 0.877. The summed E-state index contributed by atoms with van der Waals surface area (Å²) in [6, 6.07) is 4.51. The molecule has 2 saturated carbocycles. The summed E-state index contributed by atoms with van der Waals surface area (Å²) in [7, 11) is 0. The van der Waals surface area contributed by atoms with Gasteiger partial charge in [-0.25, -0.2) is 4.98 Å². The molecule has 5 heteroatoms. The Labute approximate surface area is 141 Å². The van der Waals surface area contributed by atoms with Crippen molar-refractivity contribution in [2.24, 2.45) is 5.92 Å². The molecule has 2 aliphatic heterocycles. The number of hydrogen-bond acceptors (Lipinski definition) is 3. The highest BCUT2D eigenvalue weighted by molar-refractivity contribution is 5.82. The summed E-state index contributed by atoms with van der Waals surface area (Å²) >= 11 is 0. The summed E-state index contributed by atoms with van der Waals surface area (Å²) in [5.41, 5.74) is 1.56. The molecule has 2 aromatic heterocycles. The van der Waals surface area contributed by atoms with E-state index in [-0.39, 0.29) is 18.0 Å². The van der Waals surface area contributed by atoms with Crippen molar-refractivity contribution in [3.05, 3.63) is 30.1 Å². The summed E-state index contributed by atoms with van der Waals surface area (Å²) in [6.45, 7) is 0. The third-order valence-electron chi connectivity index (χ3n) is 6.33. The van der Waals surface area contributed by atoms with E-state index in [0.29, 0.717) is 12.3 Å². The minimum absolute atomic E-state index is 0.255. The molecule has 0 radical (unpaired) electrons. The van der Waals surface area contributed by atoms with E-state index in [1.54, 1.807) is 6.20 Å². The molecule has 4 bridgehead atoms. The number of aliphatic hydroxyl groups is 1. The fraction of sp³-hybridized carbons (Fsp3) is 0.579. The van der Waals surface area contributed by atoms with E-state index in [2.05, 4.69) is 20.9 Å². The molecule has 126 valence electrons. The number of H-pyrrole nitrogens is 1. The number of aromatic amines is 1. The zero-order valence-corrected chi connectivity index (χ0v) is 13.7. The molecule has 5 nitrogen and oxygen atoms in total. The molecule has 6 rings (SSSR count). The molecule has 0 spiro atoms. The smallest absolute Gasteiger partial charge is 0.223 e. The third kappa shape index (κ3) is 2.18. The molecular formula is C19H23N3O2. The standard InChI is InChI=1S/C19H23N3O2/c23-17(4-3-13-11-21-18-16(13)2-1-5-20-18)22-14-6-12-7-15(22)10-19(24,8-12)9-14/h1-2,5,11-12,14-15,24H,3-4,6-10H2,(H,20,21). The molecule has 2 aromatic rings. The number of aromatic nitrogens is 2. The van der Waals surface area contributed by atoms with E-state index in [4.69, 9.17) is 0 Å². The van der Waals surface area contributed by atoms with Crippen LogP contribution in [0.15, 0.2) is 24.5 Å². The van der Waals surface area contributed by atoms with Gasteiger partial charge in [0, 0.05) is 36.3 Å². The minimum atomic E-state index is -0.490. The molecule has 4 aliphatic rings. The van der Waals surface area contributed by atoms with E-state index >= 15 is 0 Å². The van der Waals surface area contributed by atoms with Crippen molar-refractivity contribution in [1.29, 1.82) is 0 Å². The van der Waals surface area contributed by atoms with E-state index in [1.807, 2.05) is 12.3 Å². The number of carbonyl (C=O) groups excluding carboxylic acids is 1. The van der Waals surface area contributed by atoms with Crippen LogP contribution in [0.5, 0.6) is 0 Å². The molecule has 4 fully saturated rings. The van der Waals surface area contributed by atoms with Crippen LogP contribution >= 0.6 is 0 Å². The molecule has 2 aliphatic carbocycles. The number of fused-ring (bicyclic) bond motifs is 1. The van der Waals surface area contributed by atoms with Crippen LogP contribution in [0.4, 0.5) is 0 Å². The monoisotopic (exact) mass is 325 g/mol. The fourth-order valence-corrected chi connectivity index (χ4v) is 5.58. The van der Waals surface area contributed by atoms with Crippen LogP contribution < -0.4 is 0 Å². The number of carbonyl (C=O) groups is 1. The van der Waals surface area contributed by atoms with Crippen molar-refractivity contribution < 1.29 is 9.90 Å². The normalized spacial score (nSPS) is 34.2. The lowest BCUT2D eigenvalue weighted by molar-refractivity contribution is -0.174. The molecule has 24 heavy (non-hydrogen) atoms. The summed E-state index contributed by atoms with van der Waals surface area (Å²) < 4.78 is 0. The first kappa shape index (κ1) is 14.5. The quantitative estimate of drug-likeness (QED) is 0.910. The Morgan fingerprint density at radius 1 is 1.33 bits per heavy atom. The van der Waals surface area contributed by atoms with E-state index < -0.39 is 5.60 Å². The topological polar surface area (TPSA) is 69.2 Å². The molecule has 2 atom stereocenters. The second kappa shape index (κ2) is 5.06. The fourth-order valence-electron chi connectivity index (χ4n) is 5.58. The van der Waals surface area contributed by atoms with E-state index in [0.717, 1.165) is 55.1 Å². The van der Waals surface area contributed by atoms with Crippen molar-refractivity contribution in [1.82, 2.24) is 14.9 Å². The predicted molar refractivity (Wildman–Crippen MR) is 90.4 cm³/mol. The molecule has 1 amide bonds. The zero-order valence-electron chi connectivity index (χ0n) is 13.7. The number of nitrogens with one attached hydrogen (secondary N) is 1. The van der Waals surface area contributed by atoms with Gasteiger partial charge in [-0.05, 0) is 62.1 Å². The van der Waals surface area contributed by atoms with Crippen molar-refractivity contribution in [2.45, 2.75) is 62.6 Å². The number of piperidine rings is 2. The molecule has 2 N–H and O–H groups in total. The van der Waals surface area contributed by atoms with Crippen molar-refractivity contribution in [3.63, 3.8) is 0 Å². The molecule has 4 heterocycles. The van der Waals surface area contributed by atoms with Crippen LogP contribution in [0.25, 0.3) is 11.0 Å². The first-order valence-electron chi connectivity index (χ1n) is 9.06. The Kier molecular flexibility index (Phi) is 3.05. The highest BCUT2D eigenvalue weighted by Crippen LogP contribution is 2.51. The number of nitrogens with zero attached hydrogens (tertiary/aromatic N) is 2. The highest BCUT2D eigenvalue weighted by Gasteiger charge is 2.54. The lowest BCUT2D eigenvalue weighted by atomic mass is 9.61. The van der Waals surface area contributed by atoms with Gasteiger partial charge in [-0.3, -0.25) is 4.79 Å². The van der Waals surface area contributed by atoms with Gasteiger partial charge in [0.05, 0.1) is 5.60 Å². The van der Waals surface area contributed by atoms with Crippen LogP contribution in [-0.4, -0.2) is 43.6 Å². The van der Waals surface area contributed by atoms with Crippen LogP contribution in [-0.2, 0) is 11.2 Å². The number of hydrogen-bond donors (Lipinski definition) is 2. The highest BCUT2D eigenvalue weighted by atomic mass is 16.3. The van der Waals surface area contributed by atoms with Crippen molar-refractivity contribution in [3.8, 4) is 0 Å². The second-order valence-electron chi connectivity index (χ2n) is 8.00. The number of aryl methyl sites for hydroxylation is 1. The second-order valence-corrected chi connectivity index (χ2v) is 8.00. The summed E-state index contributed by atoms with van der Waals surface area (Å²) in [6.07, 6.45) is 9.71. The largest absolute Gasteiger partial charge is 0.390 e. The van der Waals surface area contributed by atoms with Crippen LogP contribution in [0.2, 0.25) is 0 Å². The lowest BCUT2D eigenvalue weighted by Crippen LogP contribution is -2.65. The van der Waals surface area contributed by atoms with Gasteiger partial charge in [0.15, 0.2) is 0 Å². The van der Waals surface area contributed by atoms with E-state index in [1.165, 1.54) is 0 Å². The van der Waals surface area contributed by atoms with Crippen LogP contribution in [0.1, 0.15) is 44.1 Å². The Morgan fingerprint density at radius 2 is 2.12 bits per heavy atom. The van der Waals surface area contributed by atoms with E-state index in [9.17, 15) is 9.90 Å². The maximum absolute atomic E-state index is 12.9. The van der Waals surface area contributed by atoms with Gasteiger partial charge >= 0.3 is 0 Å².